The Balaban J connectivity index is 2.03. The van der Waals surface area contributed by atoms with E-state index in [1.54, 1.807) is 0 Å². The summed E-state index contributed by atoms with van der Waals surface area (Å²) in [7, 11) is 0. The van der Waals surface area contributed by atoms with E-state index in [9.17, 15) is 13.6 Å². The number of carbonyl (C=O) groups is 1. The second-order valence-electron chi connectivity index (χ2n) is 4.64. The fourth-order valence-electron chi connectivity index (χ4n) is 1.96. The van der Waals surface area contributed by atoms with Gasteiger partial charge in [0.05, 0.1) is 6.54 Å². The van der Waals surface area contributed by atoms with Crippen LogP contribution in [-0.2, 0) is 0 Å². The van der Waals surface area contributed by atoms with Crippen LogP contribution in [0.3, 0.4) is 0 Å². The molecule has 0 radical (unpaired) electrons. The number of hydrogen-bond donors (Lipinski definition) is 3. The summed E-state index contributed by atoms with van der Waals surface area (Å²) in [6.45, 7) is 0.822. The van der Waals surface area contributed by atoms with E-state index < -0.39 is 18.9 Å². The molecule has 5 N–H and O–H groups in total. The van der Waals surface area contributed by atoms with Gasteiger partial charge in [-0.1, -0.05) is 11.3 Å². The van der Waals surface area contributed by atoms with Gasteiger partial charge in [0.15, 0.2) is 5.13 Å². The van der Waals surface area contributed by atoms with Crippen LogP contribution in [-0.4, -0.2) is 43.0 Å². The van der Waals surface area contributed by atoms with Gasteiger partial charge in [-0.3, -0.25) is 4.79 Å². The zero-order valence-electron chi connectivity index (χ0n) is 10.8. The number of rotatable bonds is 4. The van der Waals surface area contributed by atoms with Crippen LogP contribution in [0.15, 0.2) is 0 Å². The molecule has 2 rings (SSSR count). The Morgan fingerprint density at radius 1 is 1.50 bits per heavy atom. The van der Waals surface area contributed by atoms with Crippen molar-refractivity contribution in [1.29, 1.82) is 0 Å². The van der Waals surface area contributed by atoms with Crippen molar-refractivity contribution in [1.82, 2.24) is 10.3 Å². The van der Waals surface area contributed by atoms with Crippen LogP contribution in [0.4, 0.5) is 19.7 Å². The second-order valence-corrected chi connectivity index (χ2v) is 5.61. The molecule has 1 aromatic rings. The van der Waals surface area contributed by atoms with Crippen molar-refractivity contribution in [3.63, 3.8) is 0 Å². The molecule has 0 aliphatic carbocycles. The molecule has 0 bridgehead atoms. The number of nitrogens with one attached hydrogen (secondary N) is 1. The first-order chi connectivity index (χ1) is 9.47. The van der Waals surface area contributed by atoms with Crippen molar-refractivity contribution >= 4 is 28.2 Å². The number of piperidine rings is 1. The van der Waals surface area contributed by atoms with Gasteiger partial charge in [-0.2, -0.15) is 0 Å². The number of carbonyl (C=O) groups excluding carboxylic acids is 1. The van der Waals surface area contributed by atoms with E-state index in [4.69, 9.17) is 11.5 Å². The van der Waals surface area contributed by atoms with Crippen LogP contribution >= 0.6 is 11.3 Å². The Labute approximate surface area is 119 Å². The van der Waals surface area contributed by atoms with Gasteiger partial charge in [0.25, 0.3) is 12.3 Å². The number of aromatic nitrogens is 1. The van der Waals surface area contributed by atoms with E-state index in [-0.39, 0.29) is 16.7 Å². The highest BCUT2D eigenvalue weighted by Crippen LogP contribution is 2.29. The standard InChI is InChI=1S/C11H17F2N5OS/c12-7(13)5-16-10(19)8-9(15)17-11(20-8)18-3-1-6(14)2-4-18/h6-7H,1-5,14-15H2,(H,16,19). The van der Waals surface area contributed by atoms with Crippen LogP contribution in [0, 0.1) is 0 Å². The van der Waals surface area contributed by atoms with E-state index in [0.717, 1.165) is 37.3 Å². The van der Waals surface area contributed by atoms with Gasteiger partial charge in [-0.25, -0.2) is 13.8 Å². The number of nitrogens with zero attached hydrogens (tertiary/aromatic N) is 2. The van der Waals surface area contributed by atoms with Crippen LogP contribution in [0.25, 0.3) is 0 Å². The molecular formula is C11H17F2N5OS. The summed E-state index contributed by atoms with van der Waals surface area (Å²) in [5.41, 5.74) is 11.5. The molecular weight excluding hydrogens is 288 g/mol. The Morgan fingerprint density at radius 3 is 2.75 bits per heavy atom. The number of anilines is 2. The molecule has 0 unspecified atom stereocenters. The predicted molar refractivity (Wildman–Crippen MR) is 74.3 cm³/mol. The molecule has 1 saturated heterocycles. The van der Waals surface area contributed by atoms with Gasteiger partial charge < -0.3 is 21.7 Å². The van der Waals surface area contributed by atoms with Gasteiger partial charge >= 0.3 is 0 Å². The summed E-state index contributed by atoms with van der Waals surface area (Å²) < 4.78 is 24.1. The molecule has 1 amide bonds. The third-order valence-corrected chi connectivity index (χ3v) is 4.21. The number of amides is 1. The zero-order valence-corrected chi connectivity index (χ0v) is 11.6. The molecule has 0 saturated carbocycles. The Bertz CT molecular complexity index is 473. The van der Waals surface area contributed by atoms with E-state index in [1.807, 2.05) is 4.90 Å². The molecule has 1 aliphatic rings. The van der Waals surface area contributed by atoms with E-state index in [2.05, 4.69) is 10.3 Å². The molecule has 1 fully saturated rings. The fraction of sp³-hybridized carbons (Fsp3) is 0.636. The zero-order chi connectivity index (χ0) is 14.7. The highest BCUT2D eigenvalue weighted by atomic mass is 32.1. The lowest BCUT2D eigenvalue weighted by atomic mass is 10.1. The summed E-state index contributed by atoms with van der Waals surface area (Å²) in [6.07, 6.45) is -0.880. The summed E-state index contributed by atoms with van der Waals surface area (Å²) in [4.78, 5) is 18.1. The van der Waals surface area contributed by atoms with Gasteiger partial charge in [-0.15, -0.1) is 0 Å². The molecule has 2 heterocycles. The first-order valence-corrected chi connectivity index (χ1v) is 7.12. The van der Waals surface area contributed by atoms with Crippen LogP contribution in [0.5, 0.6) is 0 Å². The molecule has 20 heavy (non-hydrogen) atoms. The van der Waals surface area contributed by atoms with Gasteiger partial charge in [0, 0.05) is 19.1 Å². The summed E-state index contributed by atoms with van der Waals surface area (Å²) in [5.74, 6) is -0.535. The van der Waals surface area contributed by atoms with Crippen molar-refractivity contribution in [3.8, 4) is 0 Å². The maximum Gasteiger partial charge on any atom is 0.265 e. The van der Waals surface area contributed by atoms with Crippen LogP contribution in [0.2, 0.25) is 0 Å². The number of alkyl halides is 2. The Kier molecular flexibility index (Phi) is 4.71. The molecule has 1 aliphatic heterocycles. The van der Waals surface area contributed by atoms with Crippen molar-refractivity contribution < 1.29 is 13.6 Å². The first-order valence-electron chi connectivity index (χ1n) is 6.30. The first kappa shape index (κ1) is 14.9. The maximum absolute atomic E-state index is 12.1. The van der Waals surface area contributed by atoms with Crippen LogP contribution in [0.1, 0.15) is 22.5 Å². The van der Waals surface area contributed by atoms with E-state index in [0.29, 0.717) is 5.13 Å². The fourth-order valence-corrected chi connectivity index (χ4v) is 2.91. The third-order valence-electron chi connectivity index (χ3n) is 3.08. The van der Waals surface area contributed by atoms with Crippen LogP contribution < -0.4 is 21.7 Å². The Morgan fingerprint density at radius 2 is 2.15 bits per heavy atom. The highest BCUT2D eigenvalue weighted by Gasteiger charge is 2.23. The van der Waals surface area contributed by atoms with Crippen molar-refractivity contribution in [2.75, 3.05) is 30.3 Å². The molecule has 0 aromatic carbocycles. The quantitative estimate of drug-likeness (QED) is 0.759. The molecule has 1 aromatic heterocycles. The number of nitrogens with two attached hydrogens (primary N) is 2. The van der Waals surface area contributed by atoms with Crippen molar-refractivity contribution in [3.05, 3.63) is 4.88 Å². The number of hydrogen-bond acceptors (Lipinski definition) is 6. The second kappa shape index (κ2) is 6.31. The normalized spacial score (nSPS) is 16.7. The number of halogens is 2. The predicted octanol–water partition coefficient (Wildman–Crippen LogP) is 0.648. The summed E-state index contributed by atoms with van der Waals surface area (Å²) >= 11 is 1.12. The molecule has 112 valence electrons. The maximum atomic E-state index is 12.1. The summed E-state index contributed by atoms with van der Waals surface area (Å²) in [6, 6.07) is 0.192. The van der Waals surface area contributed by atoms with Crippen molar-refractivity contribution in [2.24, 2.45) is 5.73 Å². The smallest absolute Gasteiger partial charge is 0.265 e. The average Bonchev–Trinajstić information content (AvgIpc) is 2.79. The Hall–Kier alpha value is -1.48. The van der Waals surface area contributed by atoms with E-state index in [1.165, 1.54) is 0 Å². The minimum atomic E-state index is -2.59. The van der Waals surface area contributed by atoms with Crippen molar-refractivity contribution in [2.45, 2.75) is 25.3 Å². The minimum Gasteiger partial charge on any atom is -0.382 e. The topological polar surface area (TPSA) is 97.3 Å². The highest BCUT2D eigenvalue weighted by molar-refractivity contribution is 7.18. The SMILES string of the molecule is Nc1nc(N2CCC(N)CC2)sc1C(=O)NCC(F)F. The molecule has 6 nitrogen and oxygen atoms in total. The molecule has 0 spiro atoms. The number of nitrogen functional groups attached to an aromatic ring is 1. The van der Waals surface area contributed by atoms with Gasteiger partial charge in [-0.05, 0) is 12.8 Å². The monoisotopic (exact) mass is 305 g/mol. The molecule has 9 heteroatoms. The van der Waals surface area contributed by atoms with E-state index >= 15 is 0 Å². The van der Waals surface area contributed by atoms with Gasteiger partial charge in [0.1, 0.15) is 10.7 Å². The molecule has 0 atom stereocenters. The lowest BCUT2D eigenvalue weighted by Crippen LogP contribution is -2.39. The minimum absolute atomic E-state index is 0.0756. The lowest BCUT2D eigenvalue weighted by Gasteiger charge is -2.29. The lowest BCUT2D eigenvalue weighted by molar-refractivity contribution is 0.0896. The summed E-state index contributed by atoms with van der Waals surface area (Å²) in [5, 5.41) is 2.76. The largest absolute Gasteiger partial charge is 0.382 e. The average molecular weight is 305 g/mol. The number of thiazole rings is 1. The third kappa shape index (κ3) is 3.54. The van der Waals surface area contributed by atoms with Gasteiger partial charge in [0.2, 0.25) is 0 Å².